The highest BCUT2D eigenvalue weighted by Crippen LogP contribution is 2.19. The van der Waals surface area contributed by atoms with Crippen LogP contribution in [0.1, 0.15) is 47.0 Å². The summed E-state index contributed by atoms with van der Waals surface area (Å²) in [5, 5.41) is 3.48. The SMILES string of the molecule is CCCNC(C)CC(C)Oc1ccc(OCCC)cc1. The normalized spacial score (nSPS) is 13.8. The molecule has 0 aromatic heterocycles. The molecular weight excluding hydrogens is 250 g/mol. The minimum atomic E-state index is 0.205. The molecule has 0 spiro atoms. The van der Waals surface area contributed by atoms with Crippen LogP contribution in [0.3, 0.4) is 0 Å². The van der Waals surface area contributed by atoms with Crippen LogP contribution in [0.15, 0.2) is 24.3 Å². The van der Waals surface area contributed by atoms with Crippen molar-refractivity contribution >= 4 is 0 Å². The molecule has 0 bridgehead atoms. The van der Waals surface area contributed by atoms with Crippen LogP contribution in [0.5, 0.6) is 11.5 Å². The quantitative estimate of drug-likeness (QED) is 0.701. The van der Waals surface area contributed by atoms with Gasteiger partial charge in [0, 0.05) is 6.04 Å². The molecule has 0 amide bonds. The highest BCUT2D eigenvalue weighted by molar-refractivity contribution is 5.31. The van der Waals surface area contributed by atoms with Crippen LogP contribution in [-0.2, 0) is 0 Å². The highest BCUT2D eigenvalue weighted by atomic mass is 16.5. The van der Waals surface area contributed by atoms with E-state index in [4.69, 9.17) is 9.47 Å². The molecule has 1 aromatic rings. The first-order valence-electron chi connectivity index (χ1n) is 7.78. The summed E-state index contributed by atoms with van der Waals surface area (Å²) >= 11 is 0. The Hall–Kier alpha value is -1.22. The third kappa shape index (κ3) is 6.80. The summed E-state index contributed by atoms with van der Waals surface area (Å²) < 4.78 is 11.5. The molecule has 1 aromatic carbocycles. The molecule has 114 valence electrons. The van der Waals surface area contributed by atoms with Gasteiger partial charge in [0.2, 0.25) is 0 Å². The minimum Gasteiger partial charge on any atom is -0.494 e. The molecule has 3 nitrogen and oxygen atoms in total. The Labute approximate surface area is 123 Å². The van der Waals surface area contributed by atoms with Gasteiger partial charge in [0.15, 0.2) is 0 Å². The first kappa shape index (κ1) is 16.8. The molecule has 1 N–H and O–H groups in total. The molecule has 20 heavy (non-hydrogen) atoms. The van der Waals surface area contributed by atoms with Gasteiger partial charge in [0.1, 0.15) is 11.5 Å². The zero-order valence-electron chi connectivity index (χ0n) is 13.3. The fourth-order valence-electron chi connectivity index (χ4n) is 2.09. The average Bonchev–Trinajstić information content (AvgIpc) is 2.44. The summed E-state index contributed by atoms with van der Waals surface area (Å²) in [4.78, 5) is 0. The van der Waals surface area contributed by atoms with Crippen LogP contribution < -0.4 is 14.8 Å². The van der Waals surface area contributed by atoms with E-state index in [1.807, 2.05) is 24.3 Å². The van der Waals surface area contributed by atoms with Gasteiger partial charge < -0.3 is 14.8 Å². The van der Waals surface area contributed by atoms with Crippen molar-refractivity contribution in [2.24, 2.45) is 0 Å². The average molecular weight is 279 g/mol. The molecule has 0 fully saturated rings. The number of hydrogen-bond acceptors (Lipinski definition) is 3. The lowest BCUT2D eigenvalue weighted by atomic mass is 10.1. The monoisotopic (exact) mass is 279 g/mol. The molecule has 2 unspecified atom stereocenters. The summed E-state index contributed by atoms with van der Waals surface area (Å²) in [6.45, 7) is 10.4. The molecule has 0 heterocycles. The Kier molecular flexibility index (Phi) is 8.12. The van der Waals surface area contributed by atoms with E-state index in [2.05, 4.69) is 33.0 Å². The maximum Gasteiger partial charge on any atom is 0.119 e. The van der Waals surface area contributed by atoms with E-state index in [0.29, 0.717) is 6.04 Å². The van der Waals surface area contributed by atoms with Crippen molar-refractivity contribution < 1.29 is 9.47 Å². The summed E-state index contributed by atoms with van der Waals surface area (Å²) in [5.74, 6) is 1.81. The first-order valence-corrected chi connectivity index (χ1v) is 7.78. The fourth-order valence-corrected chi connectivity index (χ4v) is 2.09. The molecular formula is C17H29NO2. The summed E-state index contributed by atoms with van der Waals surface area (Å²) in [6, 6.07) is 8.38. The van der Waals surface area contributed by atoms with Gasteiger partial charge in [-0.25, -0.2) is 0 Å². The maximum atomic E-state index is 5.93. The summed E-state index contributed by atoms with van der Waals surface area (Å²) in [7, 11) is 0. The molecule has 2 atom stereocenters. The van der Waals surface area contributed by atoms with Crippen LogP contribution in [0.4, 0.5) is 0 Å². The van der Waals surface area contributed by atoms with E-state index < -0.39 is 0 Å². The third-order valence-electron chi connectivity index (χ3n) is 3.06. The number of rotatable bonds is 10. The van der Waals surface area contributed by atoms with E-state index in [1.165, 1.54) is 6.42 Å². The fraction of sp³-hybridized carbons (Fsp3) is 0.647. The first-order chi connectivity index (χ1) is 9.65. The van der Waals surface area contributed by atoms with Gasteiger partial charge in [-0.05, 0) is 63.9 Å². The summed E-state index contributed by atoms with van der Waals surface area (Å²) in [5.41, 5.74) is 0. The van der Waals surface area contributed by atoms with Crippen molar-refractivity contribution in [3.05, 3.63) is 24.3 Å². The van der Waals surface area contributed by atoms with E-state index in [1.54, 1.807) is 0 Å². The van der Waals surface area contributed by atoms with Crippen LogP contribution in [0.2, 0.25) is 0 Å². The van der Waals surface area contributed by atoms with Crippen LogP contribution in [-0.4, -0.2) is 25.3 Å². The molecule has 1 rings (SSSR count). The Morgan fingerprint density at radius 1 is 1.00 bits per heavy atom. The molecule has 0 saturated carbocycles. The zero-order valence-corrected chi connectivity index (χ0v) is 13.3. The molecule has 0 radical (unpaired) electrons. The van der Waals surface area contributed by atoms with Gasteiger partial charge in [0.25, 0.3) is 0 Å². The van der Waals surface area contributed by atoms with Crippen LogP contribution in [0, 0.1) is 0 Å². The lowest BCUT2D eigenvalue weighted by Crippen LogP contribution is -2.31. The van der Waals surface area contributed by atoms with Crippen molar-refractivity contribution in [1.29, 1.82) is 0 Å². The van der Waals surface area contributed by atoms with Gasteiger partial charge in [-0.2, -0.15) is 0 Å². The Balaban J connectivity index is 2.35. The summed E-state index contributed by atoms with van der Waals surface area (Å²) in [6.07, 6.45) is 3.40. The second-order valence-electron chi connectivity index (χ2n) is 5.34. The zero-order chi connectivity index (χ0) is 14.8. The van der Waals surface area contributed by atoms with Gasteiger partial charge in [-0.3, -0.25) is 0 Å². The molecule has 0 aliphatic rings. The molecule has 3 heteroatoms. The minimum absolute atomic E-state index is 0.205. The van der Waals surface area contributed by atoms with Crippen molar-refractivity contribution in [3.8, 4) is 11.5 Å². The topological polar surface area (TPSA) is 30.5 Å². The van der Waals surface area contributed by atoms with Gasteiger partial charge >= 0.3 is 0 Å². The van der Waals surface area contributed by atoms with Crippen molar-refractivity contribution in [2.45, 2.75) is 59.1 Å². The Bertz CT molecular complexity index is 351. The Morgan fingerprint density at radius 2 is 1.65 bits per heavy atom. The molecule has 0 aliphatic carbocycles. The largest absolute Gasteiger partial charge is 0.494 e. The van der Waals surface area contributed by atoms with Gasteiger partial charge in [-0.15, -0.1) is 0 Å². The number of benzene rings is 1. The van der Waals surface area contributed by atoms with Crippen LogP contribution in [0.25, 0.3) is 0 Å². The third-order valence-corrected chi connectivity index (χ3v) is 3.06. The Morgan fingerprint density at radius 3 is 2.25 bits per heavy atom. The highest BCUT2D eigenvalue weighted by Gasteiger charge is 2.09. The second-order valence-corrected chi connectivity index (χ2v) is 5.34. The van der Waals surface area contributed by atoms with E-state index >= 15 is 0 Å². The maximum absolute atomic E-state index is 5.93. The van der Waals surface area contributed by atoms with E-state index in [9.17, 15) is 0 Å². The number of ether oxygens (including phenoxy) is 2. The smallest absolute Gasteiger partial charge is 0.119 e. The van der Waals surface area contributed by atoms with Crippen molar-refractivity contribution in [2.75, 3.05) is 13.2 Å². The second kappa shape index (κ2) is 9.65. The number of nitrogens with one attached hydrogen (secondary N) is 1. The molecule has 0 aliphatic heterocycles. The lowest BCUT2D eigenvalue weighted by Gasteiger charge is -2.20. The van der Waals surface area contributed by atoms with Crippen LogP contribution >= 0.6 is 0 Å². The predicted octanol–water partition coefficient (Wildman–Crippen LogP) is 4.02. The standard InChI is InChI=1S/C17H29NO2/c1-5-11-18-14(3)13-15(4)20-17-9-7-16(8-10-17)19-12-6-2/h7-10,14-15,18H,5-6,11-13H2,1-4H3. The van der Waals surface area contributed by atoms with Crippen molar-refractivity contribution in [3.63, 3.8) is 0 Å². The molecule has 0 saturated heterocycles. The number of hydrogen-bond donors (Lipinski definition) is 1. The van der Waals surface area contributed by atoms with Gasteiger partial charge in [-0.1, -0.05) is 13.8 Å². The van der Waals surface area contributed by atoms with E-state index in [-0.39, 0.29) is 6.10 Å². The predicted molar refractivity (Wildman–Crippen MR) is 84.7 cm³/mol. The van der Waals surface area contributed by atoms with E-state index in [0.717, 1.165) is 37.5 Å². The van der Waals surface area contributed by atoms with Crippen molar-refractivity contribution in [1.82, 2.24) is 5.32 Å². The van der Waals surface area contributed by atoms with Gasteiger partial charge in [0.05, 0.1) is 12.7 Å². The lowest BCUT2D eigenvalue weighted by molar-refractivity contribution is 0.195.